The second-order valence-corrected chi connectivity index (χ2v) is 4.01. The van der Waals surface area contributed by atoms with E-state index < -0.39 is 12.0 Å². The number of carboxylic acids is 1. The van der Waals surface area contributed by atoms with Crippen molar-refractivity contribution in [3.63, 3.8) is 0 Å². The van der Waals surface area contributed by atoms with Crippen LogP contribution in [0.25, 0.3) is 0 Å². The van der Waals surface area contributed by atoms with Gasteiger partial charge in [0.1, 0.15) is 6.04 Å². The molecule has 0 saturated heterocycles. The number of rotatable bonds is 8. The maximum Gasteiger partial charge on any atom is 0.326 e. The first-order chi connectivity index (χ1) is 7.51. The van der Waals surface area contributed by atoms with Crippen molar-refractivity contribution in [3.05, 3.63) is 0 Å². The van der Waals surface area contributed by atoms with E-state index in [1.165, 1.54) is 0 Å². The highest BCUT2D eigenvalue weighted by Gasteiger charge is 2.19. The number of aliphatic carboxylic acids is 1. The Balaban J connectivity index is 4.04. The topological polar surface area (TPSA) is 75.6 Å². The normalized spacial score (nSPS) is 14.2. The number of carboxylic acid groups (broad SMARTS) is 1. The number of nitrogens with one attached hydrogen (secondary N) is 1. The SMILES string of the molecule is CCC[C@@H](NC(=O)CC(C)COC)C(=O)O. The van der Waals surface area contributed by atoms with Gasteiger partial charge >= 0.3 is 5.97 Å². The summed E-state index contributed by atoms with van der Waals surface area (Å²) in [4.78, 5) is 22.3. The molecule has 0 bridgehead atoms. The third kappa shape index (κ3) is 6.40. The summed E-state index contributed by atoms with van der Waals surface area (Å²) < 4.78 is 4.91. The summed E-state index contributed by atoms with van der Waals surface area (Å²) in [6.45, 7) is 4.27. The molecule has 0 aliphatic carbocycles. The minimum Gasteiger partial charge on any atom is -0.480 e. The molecule has 0 rings (SSSR count). The lowest BCUT2D eigenvalue weighted by Crippen LogP contribution is -2.41. The van der Waals surface area contributed by atoms with Gasteiger partial charge in [-0.05, 0) is 12.3 Å². The summed E-state index contributed by atoms with van der Waals surface area (Å²) in [6, 6.07) is -0.771. The Kier molecular flexibility index (Phi) is 7.54. The van der Waals surface area contributed by atoms with Crippen molar-refractivity contribution in [2.24, 2.45) is 5.92 Å². The standard InChI is InChI=1S/C11H21NO4/c1-4-5-9(11(14)15)12-10(13)6-8(2)7-16-3/h8-9H,4-7H2,1-3H3,(H,12,13)(H,14,15)/t8?,9-/m1/s1. The lowest BCUT2D eigenvalue weighted by Gasteiger charge is -2.15. The molecule has 1 amide bonds. The summed E-state index contributed by atoms with van der Waals surface area (Å²) in [5, 5.41) is 11.4. The highest BCUT2D eigenvalue weighted by atomic mass is 16.5. The first-order valence-corrected chi connectivity index (χ1v) is 5.52. The van der Waals surface area contributed by atoms with E-state index in [0.29, 0.717) is 19.4 Å². The van der Waals surface area contributed by atoms with Crippen LogP contribution >= 0.6 is 0 Å². The summed E-state index contributed by atoms with van der Waals surface area (Å²) in [6.07, 6.45) is 1.48. The zero-order chi connectivity index (χ0) is 12.6. The van der Waals surface area contributed by atoms with Gasteiger partial charge in [0.05, 0.1) is 0 Å². The van der Waals surface area contributed by atoms with Crippen LogP contribution in [0.1, 0.15) is 33.1 Å². The summed E-state index contributed by atoms with van der Waals surface area (Å²) >= 11 is 0. The smallest absolute Gasteiger partial charge is 0.326 e. The van der Waals surface area contributed by atoms with Crippen LogP contribution in [0.2, 0.25) is 0 Å². The Labute approximate surface area is 96.2 Å². The highest BCUT2D eigenvalue weighted by molar-refractivity contribution is 5.83. The van der Waals surface area contributed by atoms with E-state index in [0.717, 1.165) is 6.42 Å². The Morgan fingerprint density at radius 1 is 1.44 bits per heavy atom. The van der Waals surface area contributed by atoms with Gasteiger partial charge in [0.25, 0.3) is 0 Å². The Hall–Kier alpha value is -1.10. The molecule has 0 radical (unpaired) electrons. The average molecular weight is 231 g/mol. The third-order valence-corrected chi connectivity index (χ3v) is 2.20. The van der Waals surface area contributed by atoms with Crippen molar-refractivity contribution in [3.8, 4) is 0 Å². The lowest BCUT2D eigenvalue weighted by atomic mass is 10.1. The summed E-state index contributed by atoms with van der Waals surface area (Å²) in [7, 11) is 1.57. The fourth-order valence-electron chi connectivity index (χ4n) is 1.46. The minimum absolute atomic E-state index is 0.0982. The van der Waals surface area contributed by atoms with Crippen molar-refractivity contribution < 1.29 is 19.4 Å². The van der Waals surface area contributed by atoms with Crippen molar-refractivity contribution in [1.29, 1.82) is 0 Å². The van der Waals surface area contributed by atoms with Crippen molar-refractivity contribution in [1.82, 2.24) is 5.32 Å². The number of ether oxygens (including phenoxy) is 1. The quantitative estimate of drug-likeness (QED) is 0.654. The van der Waals surface area contributed by atoms with Crippen LogP contribution in [0.15, 0.2) is 0 Å². The molecule has 0 aromatic rings. The van der Waals surface area contributed by atoms with E-state index in [9.17, 15) is 9.59 Å². The van der Waals surface area contributed by atoms with E-state index in [4.69, 9.17) is 9.84 Å². The Morgan fingerprint density at radius 3 is 2.50 bits per heavy atom. The second kappa shape index (κ2) is 8.10. The molecule has 2 atom stereocenters. The van der Waals surface area contributed by atoms with Gasteiger partial charge < -0.3 is 15.2 Å². The van der Waals surface area contributed by atoms with Gasteiger partial charge in [-0.15, -0.1) is 0 Å². The van der Waals surface area contributed by atoms with Crippen LogP contribution < -0.4 is 5.32 Å². The van der Waals surface area contributed by atoms with Gasteiger partial charge in [-0.25, -0.2) is 4.79 Å². The molecular formula is C11H21NO4. The van der Waals surface area contributed by atoms with E-state index in [1.54, 1.807) is 7.11 Å². The van der Waals surface area contributed by atoms with E-state index in [-0.39, 0.29) is 11.8 Å². The molecule has 16 heavy (non-hydrogen) atoms. The molecule has 1 unspecified atom stereocenters. The van der Waals surface area contributed by atoms with Crippen molar-refractivity contribution in [2.75, 3.05) is 13.7 Å². The van der Waals surface area contributed by atoms with E-state index in [1.807, 2.05) is 13.8 Å². The number of hydrogen-bond acceptors (Lipinski definition) is 3. The van der Waals surface area contributed by atoms with Crippen LogP contribution in [0, 0.1) is 5.92 Å². The molecule has 2 N–H and O–H groups in total. The molecule has 94 valence electrons. The molecule has 0 fully saturated rings. The highest BCUT2D eigenvalue weighted by Crippen LogP contribution is 2.03. The van der Waals surface area contributed by atoms with Crippen LogP contribution in [-0.4, -0.2) is 36.7 Å². The zero-order valence-electron chi connectivity index (χ0n) is 10.2. The lowest BCUT2D eigenvalue weighted by molar-refractivity contribution is -0.142. The molecular weight excluding hydrogens is 210 g/mol. The van der Waals surface area contributed by atoms with Gasteiger partial charge in [0.2, 0.25) is 5.91 Å². The number of hydrogen-bond donors (Lipinski definition) is 2. The predicted molar refractivity (Wildman–Crippen MR) is 60.1 cm³/mol. The molecule has 0 aromatic heterocycles. The summed E-state index contributed by atoms with van der Waals surface area (Å²) in [5.74, 6) is -1.11. The van der Waals surface area contributed by atoms with Crippen LogP contribution in [0.5, 0.6) is 0 Å². The number of amides is 1. The predicted octanol–water partition coefficient (Wildman–Crippen LogP) is 1.03. The number of methoxy groups -OCH3 is 1. The van der Waals surface area contributed by atoms with Gasteiger partial charge in [0, 0.05) is 20.1 Å². The Morgan fingerprint density at radius 2 is 2.06 bits per heavy atom. The molecule has 0 aromatic carbocycles. The molecule has 5 heteroatoms. The number of carbonyl (C=O) groups excluding carboxylic acids is 1. The van der Waals surface area contributed by atoms with Crippen LogP contribution in [0.4, 0.5) is 0 Å². The van der Waals surface area contributed by atoms with E-state index >= 15 is 0 Å². The maximum atomic E-state index is 11.5. The van der Waals surface area contributed by atoms with Crippen LogP contribution in [0.3, 0.4) is 0 Å². The molecule has 0 aliphatic heterocycles. The summed E-state index contributed by atoms with van der Waals surface area (Å²) in [5.41, 5.74) is 0. The third-order valence-electron chi connectivity index (χ3n) is 2.20. The molecule has 0 saturated carbocycles. The van der Waals surface area contributed by atoms with Gasteiger partial charge in [-0.2, -0.15) is 0 Å². The van der Waals surface area contributed by atoms with Crippen molar-refractivity contribution in [2.45, 2.75) is 39.2 Å². The largest absolute Gasteiger partial charge is 0.480 e. The average Bonchev–Trinajstić information content (AvgIpc) is 2.16. The minimum atomic E-state index is -0.977. The fraction of sp³-hybridized carbons (Fsp3) is 0.818. The monoisotopic (exact) mass is 231 g/mol. The van der Waals surface area contributed by atoms with Gasteiger partial charge in [-0.3, -0.25) is 4.79 Å². The molecule has 0 heterocycles. The Bertz CT molecular complexity index is 230. The van der Waals surface area contributed by atoms with Gasteiger partial charge in [0.15, 0.2) is 0 Å². The zero-order valence-corrected chi connectivity index (χ0v) is 10.2. The van der Waals surface area contributed by atoms with Gasteiger partial charge in [-0.1, -0.05) is 20.3 Å². The molecule has 5 nitrogen and oxygen atoms in total. The fourth-order valence-corrected chi connectivity index (χ4v) is 1.46. The van der Waals surface area contributed by atoms with Crippen LogP contribution in [-0.2, 0) is 14.3 Å². The first kappa shape index (κ1) is 14.9. The van der Waals surface area contributed by atoms with Crippen molar-refractivity contribution >= 4 is 11.9 Å². The maximum absolute atomic E-state index is 11.5. The second-order valence-electron chi connectivity index (χ2n) is 4.01. The molecule has 0 aliphatic rings. The van der Waals surface area contributed by atoms with E-state index in [2.05, 4.69) is 5.32 Å². The first-order valence-electron chi connectivity index (χ1n) is 5.52. The molecule has 0 spiro atoms. The number of carbonyl (C=O) groups is 2.